The minimum absolute atomic E-state index is 0.0790. The topological polar surface area (TPSA) is 49.4 Å². The van der Waals surface area contributed by atoms with E-state index in [0.717, 1.165) is 57.2 Å². The van der Waals surface area contributed by atoms with E-state index in [1.165, 1.54) is 0 Å². The van der Waals surface area contributed by atoms with E-state index < -0.39 is 5.41 Å². The summed E-state index contributed by atoms with van der Waals surface area (Å²) in [4.78, 5) is 27.4. The molecule has 4 nitrogen and oxygen atoms in total. The van der Waals surface area contributed by atoms with Crippen LogP contribution in [-0.2, 0) is 15.0 Å². The number of rotatable bonds is 6. The number of nitrogens with one attached hydrogen (secondary N) is 1. The summed E-state index contributed by atoms with van der Waals surface area (Å²) in [5.74, 6) is 0.184. The Hall–Kier alpha value is -1.55. The molecule has 1 saturated carbocycles. The second-order valence-corrected chi connectivity index (χ2v) is 7.76. The average Bonchev–Trinajstić information content (AvgIpc) is 3.43. The van der Waals surface area contributed by atoms with Gasteiger partial charge in [-0.1, -0.05) is 37.1 Å². The molecule has 0 spiro atoms. The summed E-state index contributed by atoms with van der Waals surface area (Å²) < 4.78 is 0. The minimum atomic E-state index is -0.411. The SMILES string of the molecule is CCCCNC(=O)C1CCCN(C(=O)C2(c3cccc(Cl)c3)CC2)C1. The van der Waals surface area contributed by atoms with Crippen molar-refractivity contribution in [3.8, 4) is 0 Å². The van der Waals surface area contributed by atoms with Crippen molar-refractivity contribution in [3.63, 3.8) is 0 Å². The van der Waals surface area contributed by atoms with Crippen LogP contribution in [0.3, 0.4) is 0 Å². The zero-order valence-corrected chi connectivity index (χ0v) is 15.6. The molecule has 1 atom stereocenters. The van der Waals surface area contributed by atoms with Crippen molar-refractivity contribution in [2.75, 3.05) is 19.6 Å². The first-order valence-electron chi connectivity index (χ1n) is 9.40. The van der Waals surface area contributed by atoms with Crippen LogP contribution in [0.25, 0.3) is 0 Å². The number of hydrogen-bond acceptors (Lipinski definition) is 2. The van der Waals surface area contributed by atoms with Gasteiger partial charge in [-0.25, -0.2) is 0 Å². The first-order valence-corrected chi connectivity index (χ1v) is 9.78. The van der Waals surface area contributed by atoms with Crippen LogP contribution >= 0.6 is 11.6 Å². The molecule has 0 radical (unpaired) electrons. The van der Waals surface area contributed by atoms with Gasteiger partial charge in [-0.3, -0.25) is 9.59 Å². The summed E-state index contributed by atoms with van der Waals surface area (Å²) in [7, 11) is 0. The maximum atomic E-state index is 13.2. The highest BCUT2D eigenvalue weighted by atomic mass is 35.5. The number of likely N-dealkylation sites (tertiary alicyclic amines) is 1. The third-order valence-electron chi connectivity index (χ3n) is 5.45. The summed E-state index contributed by atoms with van der Waals surface area (Å²) >= 11 is 6.12. The van der Waals surface area contributed by atoms with Crippen LogP contribution in [0.2, 0.25) is 5.02 Å². The maximum absolute atomic E-state index is 13.2. The smallest absolute Gasteiger partial charge is 0.233 e. The van der Waals surface area contributed by atoms with Crippen molar-refractivity contribution in [3.05, 3.63) is 34.9 Å². The van der Waals surface area contributed by atoms with Gasteiger partial charge in [0.1, 0.15) is 0 Å². The van der Waals surface area contributed by atoms with Crippen LogP contribution in [-0.4, -0.2) is 36.3 Å². The Morgan fingerprint density at radius 2 is 2.16 bits per heavy atom. The Morgan fingerprint density at radius 1 is 1.36 bits per heavy atom. The fourth-order valence-corrected chi connectivity index (χ4v) is 3.94. The van der Waals surface area contributed by atoms with E-state index in [1.54, 1.807) is 0 Å². The van der Waals surface area contributed by atoms with E-state index in [-0.39, 0.29) is 17.7 Å². The van der Waals surface area contributed by atoms with Gasteiger partial charge < -0.3 is 10.2 Å². The Kier molecular flexibility index (Phi) is 5.67. The molecule has 5 heteroatoms. The highest BCUT2D eigenvalue weighted by molar-refractivity contribution is 6.30. The molecule has 136 valence electrons. The quantitative estimate of drug-likeness (QED) is 0.787. The van der Waals surface area contributed by atoms with Crippen molar-refractivity contribution in [1.29, 1.82) is 0 Å². The molecule has 1 aromatic carbocycles. The van der Waals surface area contributed by atoms with Gasteiger partial charge in [-0.15, -0.1) is 0 Å². The van der Waals surface area contributed by atoms with Crippen LogP contribution < -0.4 is 5.32 Å². The molecular formula is C20H27ClN2O2. The van der Waals surface area contributed by atoms with E-state index in [1.807, 2.05) is 29.2 Å². The molecule has 0 aromatic heterocycles. The van der Waals surface area contributed by atoms with Gasteiger partial charge in [0, 0.05) is 24.7 Å². The summed E-state index contributed by atoms with van der Waals surface area (Å²) in [6.07, 6.45) is 5.57. The lowest BCUT2D eigenvalue weighted by molar-refractivity contribution is -0.138. The summed E-state index contributed by atoms with van der Waals surface area (Å²) in [6.45, 7) is 4.13. The molecule has 2 fully saturated rings. The molecule has 2 aliphatic rings. The summed E-state index contributed by atoms with van der Waals surface area (Å²) in [5.41, 5.74) is 0.602. The van der Waals surface area contributed by atoms with Crippen molar-refractivity contribution in [2.45, 2.75) is 50.9 Å². The van der Waals surface area contributed by atoms with Crippen LogP contribution in [0.1, 0.15) is 51.0 Å². The Morgan fingerprint density at radius 3 is 2.84 bits per heavy atom. The van der Waals surface area contributed by atoms with Crippen LogP contribution in [0, 0.1) is 5.92 Å². The van der Waals surface area contributed by atoms with Gasteiger partial charge in [0.15, 0.2) is 0 Å². The van der Waals surface area contributed by atoms with Crippen molar-refractivity contribution < 1.29 is 9.59 Å². The van der Waals surface area contributed by atoms with E-state index >= 15 is 0 Å². The van der Waals surface area contributed by atoms with Gasteiger partial charge in [0.25, 0.3) is 0 Å². The van der Waals surface area contributed by atoms with Crippen LogP contribution in [0.15, 0.2) is 24.3 Å². The highest BCUT2D eigenvalue weighted by Crippen LogP contribution is 2.50. The number of halogens is 1. The highest BCUT2D eigenvalue weighted by Gasteiger charge is 2.53. The molecule has 3 rings (SSSR count). The molecule has 1 aromatic rings. The number of amides is 2. The number of hydrogen-bond donors (Lipinski definition) is 1. The molecule has 1 aliphatic heterocycles. The first kappa shape index (κ1) is 18.2. The molecular weight excluding hydrogens is 336 g/mol. The van der Waals surface area contributed by atoms with Crippen molar-refractivity contribution in [1.82, 2.24) is 10.2 Å². The second kappa shape index (κ2) is 7.77. The van der Waals surface area contributed by atoms with E-state index in [4.69, 9.17) is 11.6 Å². The molecule has 1 aliphatic carbocycles. The zero-order chi connectivity index (χ0) is 17.9. The first-order chi connectivity index (χ1) is 12.1. The number of benzene rings is 1. The molecule has 2 amide bonds. The van der Waals surface area contributed by atoms with Gasteiger partial charge in [-0.05, 0) is 49.8 Å². The normalized spacial score (nSPS) is 21.7. The largest absolute Gasteiger partial charge is 0.356 e. The lowest BCUT2D eigenvalue weighted by Gasteiger charge is -2.34. The van der Waals surface area contributed by atoms with Crippen LogP contribution in [0.4, 0.5) is 0 Å². The van der Waals surface area contributed by atoms with E-state index in [0.29, 0.717) is 11.6 Å². The monoisotopic (exact) mass is 362 g/mol. The van der Waals surface area contributed by atoms with Gasteiger partial charge in [0.2, 0.25) is 11.8 Å². The van der Waals surface area contributed by atoms with Gasteiger partial charge in [0.05, 0.1) is 11.3 Å². The molecule has 1 heterocycles. The third-order valence-corrected chi connectivity index (χ3v) is 5.68. The van der Waals surface area contributed by atoms with Crippen molar-refractivity contribution in [2.24, 2.45) is 5.92 Å². The average molecular weight is 363 g/mol. The summed E-state index contributed by atoms with van der Waals surface area (Å²) in [5, 5.41) is 3.68. The fourth-order valence-electron chi connectivity index (χ4n) is 3.75. The number of piperidine rings is 1. The fraction of sp³-hybridized carbons (Fsp3) is 0.600. The van der Waals surface area contributed by atoms with E-state index in [9.17, 15) is 9.59 Å². The molecule has 1 N–H and O–H groups in total. The Bertz CT molecular complexity index is 642. The summed E-state index contributed by atoms with van der Waals surface area (Å²) in [6, 6.07) is 7.65. The molecule has 1 unspecified atom stereocenters. The molecule has 0 bridgehead atoms. The Labute approximate surface area is 154 Å². The lowest BCUT2D eigenvalue weighted by Crippen LogP contribution is -2.48. The predicted octanol–water partition coefficient (Wildman–Crippen LogP) is 3.53. The van der Waals surface area contributed by atoms with Crippen molar-refractivity contribution >= 4 is 23.4 Å². The van der Waals surface area contributed by atoms with Crippen LogP contribution in [0.5, 0.6) is 0 Å². The number of unbranched alkanes of at least 4 members (excludes halogenated alkanes) is 1. The Balaban J connectivity index is 1.65. The predicted molar refractivity (Wildman–Crippen MR) is 99.6 cm³/mol. The van der Waals surface area contributed by atoms with Gasteiger partial charge in [-0.2, -0.15) is 0 Å². The van der Waals surface area contributed by atoms with Gasteiger partial charge >= 0.3 is 0 Å². The second-order valence-electron chi connectivity index (χ2n) is 7.33. The number of carbonyl (C=O) groups is 2. The number of nitrogens with zero attached hydrogens (tertiary/aromatic N) is 1. The lowest BCUT2D eigenvalue weighted by atomic mass is 9.91. The molecule has 25 heavy (non-hydrogen) atoms. The molecule has 1 saturated heterocycles. The maximum Gasteiger partial charge on any atom is 0.233 e. The third kappa shape index (κ3) is 4.00. The zero-order valence-electron chi connectivity index (χ0n) is 14.9. The minimum Gasteiger partial charge on any atom is -0.356 e. The standard InChI is InChI=1S/C20H27ClN2O2/c1-2-3-11-22-18(24)15-6-5-12-23(14-15)19(25)20(9-10-20)16-7-4-8-17(21)13-16/h4,7-8,13,15H,2-3,5-6,9-12,14H2,1H3,(H,22,24). The number of carbonyl (C=O) groups excluding carboxylic acids is 2. The van der Waals surface area contributed by atoms with E-state index in [2.05, 4.69) is 12.2 Å².